The highest BCUT2D eigenvalue weighted by molar-refractivity contribution is 6.08. The minimum absolute atomic E-state index is 0.0277. The first-order valence-corrected chi connectivity index (χ1v) is 9.98. The molecule has 1 amide bonds. The summed E-state index contributed by atoms with van der Waals surface area (Å²) in [4.78, 5) is 22.7. The Morgan fingerprint density at radius 3 is 2.56 bits per heavy atom. The fourth-order valence-electron chi connectivity index (χ4n) is 3.36. The number of nitrogens with two attached hydrogens (primary N) is 1. The SMILES string of the molecule is CNC(=O)c1cnc(N2CCNCC2)cc1C(=N)N[C@H](C)c1cc(C(F)(F)F)cc(N)n1. The van der Waals surface area contributed by atoms with Crippen LogP contribution in [0.15, 0.2) is 24.4 Å². The Balaban J connectivity index is 1.90. The lowest BCUT2D eigenvalue weighted by Crippen LogP contribution is -2.44. The lowest BCUT2D eigenvalue weighted by atomic mass is 10.1. The van der Waals surface area contributed by atoms with Crippen molar-refractivity contribution < 1.29 is 18.0 Å². The Morgan fingerprint density at radius 1 is 1.25 bits per heavy atom. The standard InChI is InChI=1S/C20H25F3N8O/c1-11(15-7-12(20(21,22)23)8-16(24)30-15)29-18(25)13-9-17(31-5-3-27-4-6-31)28-10-14(13)19(32)26-2/h7-11,27H,3-6H2,1-2H3,(H2,24,30)(H2,25,29)(H,26,32)/t11-/m1/s1. The molecule has 1 atom stereocenters. The van der Waals surface area contributed by atoms with Gasteiger partial charge in [0.25, 0.3) is 5.91 Å². The molecule has 0 aliphatic carbocycles. The summed E-state index contributed by atoms with van der Waals surface area (Å²) in [5, 5.41) is 17.1. The van der Waals surface area contributed by atoms with Gasteiger partial charge in [0.15, 0.2) is 0 Å². The Labute approximate surface area is 183 Å². The van der Waals surface area contributed by atoms with Gasteiger partial charge in [0.05, 0.1) is 22.9 Å². The number of nitrogens with zero attached hydrogens (tertiary/aromatic N) is 3. The highest BCUT2D eigenvalue weighted by Crippen LogP contribution is 2.31. The molecule has 2 aromatic heterocycles. The molecule has 3 rings (SSSR count). The van der Waals surface area contributed by atoms with Crippen molar-refractivity contribution >= 4 is 23.4 Å². The average Bonchev–Trinajstić information content (AvgIpc) is 2.77. The van der Waals surface area contributed by atoms with Crippen molar-refractivity contribution in [3.05, 3.63) is 46.8 Å². The number of rotatable bonds is 5. The van der Waals surface area contributed by atoms with Crippen molar-refractivity contribution in [2.45, 2.75) is 19.1 Å². The first-order valence-electron chi connectivity index (χ1n) is 9.98. The van der Waals surface area contributed by atoms with E-state index in [0.29, 0.717) is 5.82 Å². The van der Waals surface area contributed by atoms with E-state index >= 15 is 0 Å². The highest BCUT2D eigenvalue weighted by atomic mass is 19.4. The summed E-state index contributed by atoms with van der Waals surface area (Å²) >= 11 is 0. The first kappa shape index (κ1) is 23.3. The number of nitrogen functional groups attached to an aromatic ring is 1. The van der Waals surface area contributed by atoms with E-state index in [1.54, 1.807) is 13.0 Å². The van der Waals surface area contributed by atoms with Gasteiger partial charge >= 0.3 is 6.18 Å². The monoisotopic (exact) mass is 450 g/mol. The molecule has 1 aliphatic rings. The molecule has 6 N–H and O–H groups in total. The molecule has 32 heavy (non-hydrogen) atoms. The van der Waals surface area contributed by atoms with Crippen LogP contribution in [0, 0.1) is 5.41 Å². The third-order valence-electron chi connectivity index (χ3n) is 5.07. The molecule has 3 heterocycles. The van der Waals surface area contributed by atoms with Crippen molar-refractivity contribution in [1.29, 1.82) is 5.41 Å². The smallest absolute Gasteiger partial charge is 0.384 e. The molecule has 1 saturated heterocycles. The van der Waals surface area contributed by atoms with Crippen LogP contribution in [0.2, 0.25) is 0 Å². The van der Waals surface area contributed by atoms with E-state index in [0.717, 1.165) is 38.3 Å². The van der Waals surface area contributed by atoms with Crippen LogP contribution < -0.4 is 26.6 Å². The fraction of sp³-hybridized carbons (Fsp3) is 0.400. The Bertz CT molecular complexity index is 1000. The maximum absolute atomic E-state index is 13.1. The van der Waals surface area contributed by atoms with E-state index in [1.165, 1.54) is 13.2 Å². The molecule has 12 heteroatoms. The molecule has 2 aromatic rings. The zero-order valence-corrected chi connectivity index (χ0v) is 17.7. The van der Waals surface area contributed by atoms with Gasteiger partial charge in [-0.1, -0.05) is 0 Å². The minimum Gasteiger partial charge on any atom is -0.384 e. The van der Waals surface area contributed by atoms with Gasteiger partial charge in [-0.05, 0) is 25.1 Å². The van der Waals surface area contributed by atoms with Crippen LogP contribution in [-0.2, 0) is 6.18 Å². The van der Waals surface area contributed by atoms with E-state index < -0.39 is 23.7 Å². The predicted molar refractivity (Wildman–Crippen MR) is 115 cm³/mol. The Hall–Kier alpha value is -3.41. The zero-order chi connectivity index (χ0) is 23.5. The largest absolute Gasteiger partial charge is 0.416 e. The first-order chi connectivity index (χ1) is 15.1. The summed E-state index contributed by atoms with van der Waals surface area (Å²) in [6.07, 6.45) is -3.18. The molecule has 0 radical (unpaired) electrons. The topological polar surface area (TPSA) is 132 Å². The van der Waals surface area contributed by atoms with Crippen LogP contribution in [0.1, 0.15) is 40.1 Å². The number of aromatic nitrogens is 2. The molecule has 172 valence electrons. The Morgan fingerprint density at radius 2 is 1.94 bits per heavy atom. The second-order valence-corrected chi connectivity index (χ2v) is 7.35. The van der Waals surface area contributed by atoms with Gasteiger partial charge in [-0.2, -0.15) is 13.2 Å². The van der Waals surface area contributed by atoms with E-state index in [-0.39, 0.29) is 28.5 Å². The molecule has 9 nitrogen and oxygen atoms in total. The third kappa shape index (κ3) is 5.25. The van der Waals surface area contributed by atoms with Gasteiger partial charge in [0.2, 0.25) is 0 Å². The summed E-state index contributed by atoms with van der Waals surface area (Å²) in [6.45, 7) is 4.56. The maximum Gasteiger partial charge on any atom is 0.416 e. The number of alkyl halides is 3. The summed E-state index contributed by atoms with van der Waals surface area (Å²) in [7, 11) is 1.46. The zero-order valence-electron chi connectivity index (χ0n) is 17.7. The van der Waals surface area contributed by atoms with E-state index in [9.17, 15) is 18.0 Å². The van der Waals surface area contributed by atoms with E-state index in [1.807, 2.05) is 4.90 Å². The van der Waals surface area contributed by atoms with Crippen LogP contribution in [-0.4, -0.2) is 54.9 Å². The number of carbonyl (C=O) groups excluding carboxylic acids is 1. The van der Waals surface area contributed by atoms with Crippen molar-refractivity contribution in [3.8, 4) is 0 Å². The quantitative estimate of drug-likeness (QED) is 0.345. The van der Waals surface area contributed by atoms with Gasteiger partial charge < -0.3 is 26.6 Å². The number of nitrogens with one attached hydrogen (secondary N) is 4. The number of amides is 1. The number of halogens is 3. The van der Waals surface area contributed by atoms with Crippen LogP contribution >= 0.6 is 0 Å². The van der Waals surface area contributed by atoms with E-state index in [2.05, 4.69) is 25.9 Å². The van der Waals surface area contributed by atoms with Gasteiger partial charge in [-0.3, -0.25) is 10.2 Å². The molecule has 1 aliphatic heterocycles. The van der Waals surface area contributed by atoms with Crippen molar-refractivity contribution in [3.63, 3.8) is 0 Å². The predicted octanol–water partition coefficient (Wildman–Crippen LogP) is 1.52. The van der Waals surface area contributed by atoms with Gasteiger partial charge in [0.1, 0.15) is 17.5 Å². The van der Waals surface area contributed by atoms with Crippen molar-refractivity contribution in [1.82, 2.24) is 25.9 Å². The van der Waals surface area contributed by atoms with Crippen LogP contribution in [0.5, 0.6) is 0 Å². The molecule has 1 fully saturated rings. The lowest BCUT2D eigenvalue weighted by Gasteiger charge is -2.29. The molecular formula is C20H25F3N8O. The number of hydrogen-bond donors (Lipinski definition) is 5. The molecule has 0 bridgehead atoms. The Kier molecular flexibility index (Phi) is 6.82. The fourth-order valence-corrected chi connectivity index (χ4v) is 3.36. The van der Waals surface area contributed by atoms with Crippen LogP contribution in [0.3, 0.4) is 0 Å². The van der Waals surface area contributed by atoms with Crippen LogP contribution in [0.4, 0.5) is 24.8 Å². The van der Waals surface area contributed by atoms with Crippen molar-refractivity contribution in [2.75, 3.05) is 43.9 Å². The molecular weight excluding hydrogens is 425 g/mol. The molecule has 0 spiro atoms. The van der Waals surface area contributed by atoms with Gasteiger partial charge in [-0.25, -0.2) is 9.97 Å². The van der Waals surface area contributed by atoms with Gasteiger partial charge in [0, 0.05) is 45.0 Å². The summed E-state index contributed by atoms with van der Waals surface area (Å²) in [5.74, 6) is -0.242. The molecule has 0 unspecified atom stereocenters. The third-order valence-corrected chi connectivity index (χ3v) is 5.07. The summed E-state index contributed by atoms with van der Waals surface area (Å²) in [5.41, 5.74) is 5.11. The number of anilines is 2. The number of piperazine rings is 1. The lowest BCUT2D eigenvalue weighted by molar-refractivity contribution is -0.137. The number of amidine groups is 1. The molecule has 0 aromatic carbocycles. The average molecular weight is 450 g/mol. The summed E-state index contributed by atoms with van der Waals surface area (Å²) in [6, 6.07) is 2.50. The highest BCUT2D eigenvalue weighted by Gasteiger charge is 2.32. The number of pyridine rings is 2. The number of hydrogen-bond acceptors (Lipinski definition) is 7. The normalized spacial score (nSPS) is 15.2. The van der Waals surface area contributed by atoms with E-state index in [4.69, 9.17) is 11.1 Å². The summed E-state index contributed by atoms with van der Waals surface area (Å²) < 4.78 is 39.4. The van der Waals surface area contributed by atoms with Gasteiger partial charge in [-0.15, -0.1) is 0 Å². The number of carbonyl (C=O) groups is 1. The van der Waals surface area contributed by atoms with Crippen molar-refractivity contribution in [2.24, 2.45) is 0 Å². The second-order valence-electron chi connectivity index (χ2n) is 7.35. The second kappa shape index (κ2) is 9.39. The maximum atomic E-state index is 13.1. The molecule has 0 saturated carbocycles. The minimum atomic E-state index is -4.57. The van der Waals surface area contributed by atoms with Crippen LogP contribution in [0.25, 0.3) is 0 Å².